The highest BCUT2D eigenvalue weighted by atomic mass is 16.5. The summed E-state index contributed by atoms with van der Waals surface area (Å²) in [7, 11) is 1.44. The van der Waals surface area contributed by atoms with Crippen molar-refractivity contribution < 1.29 is 23.9 Å². The SMILES string of the molecule is COc1c(NC(=O)Nc2ccc(-c3ccc(N4CCOCC4)nc3C)c3ccccc23)cc(C(C)(C)C)cc1N(C(C)=O)C(C)=O. The standard InChI is InChI=1S/C36H41N5O5/c1-22-26(13-15-33(37-22)40-16-18-46-19-17-40)28-12-14-30(29-11-9-8-10-27(28)29)38-35(44)39-31-20-25(36(4,5)6)21-32(34(31)45-7)41(23(2)42)24(3)43/h8-15,20-21H,16-19H2,1-7H3,(H2,38,39,44). The van der Waals surface area contributed by atoms with Crippen molar-refractivity contribution in [2.75, 3.05) is 53.8 Å². The molecule has 1 aromatic heterocycles. The first-order chi connectivity index (χ1) is 21.9. The van der Waals surface area contributed by atoms with E-state index in [2.05, 4.69) is 27.7 Å². The summed E-state index contributed by atoms with van der Waals surface area (Å²) in [5.74, 6) is 0.227. The second kappa shape index (κ2) is 13.2. The zero-order chi connectivity index (χ0) is 33.2. The van der Waals surface area contributed by atoms with Crippen LogP contribution >= 0.6 is 0 Å². The third-order valence-corrected chi connectivity index (χ3v) is 8.13. The zero-order valence-electron chi connectivity index (χ0n) is 27.5. The van der Waals surface area contributed by atoms with Gasteiger partial charge >= 0.3 is 6.03 Å². The van der Waals surface area contributed by atoms with Crippen molar-refractivity contribution in [1.82, 2.24) is 4.98 Å². The van der Waals surface area contributed by atoms with Crippen molar-refractivity contribution in [1.29, 1.82) is 0 Å². The molecule has 1 aliphatic heterocycles. The first kappa shape index (κ1) is 32.4. The minimum absolute atomic E-state index is 0.206. The Labute approximate surface area is 269 Å². The van der Waals surface area contributed by atoms with Crippen LogP contribution in [0, 0.1) is 6.92 Å². The molecule has 4 amide bonds. The van der Waals surface area contributed by atoms with E-state index in [1.54, 1.807) is 12.1 Å². The summed E-state index contributed by atoms with van der Waals surface area (Å²) in [6.07, 6.45) is 0. The molecular formula is C36H41N5O5. The van der Waals surface area contributed by atoms with Gasteiger partial charge in [-0.25, -0.2) is 14.7 Å². The number of hydrogen-bond donors (Lipinski definition) is 2. The average Bonchev–Trinajstić information content (AvgIpc) is 3.01. The van der Waals surface area contributed by atoms with Gasteiger partial charge in [-0.2, -0.15) is 0 Å². The predicted molar refractivity (Wildman–Crippen MR) is 183 cm³/mol. The Morgan fingerprint density at radius 3 is 2.11 bits per heavy atom. The number of ether oxygens (including phenoxy) is 2. The highest BCUT2D eigenvalue weighted by Gasteiger charge is 2.27. The van der Waals surface area contributed by atoms with Gasteiger partial charge in [0, 0.05) is 43.6 Å². The molecule has 0 aliphatic carbocycles. The van der Waals surface area contributed by atoms with Crippen LogP contribution in [0.5, 0.6) is 5.75 Å². The number of pyridine rings is 1. The second-order valence-electron chi connectivity index (χ2n) is 12.4. The molecule has 2 N–H and O–H groups in total. The van der Waals surface area contributed by atoms with Crippen LogP contribution in [0.25, 0.3) is 21.9 Å². The molecule has 0 spiro atoms. The number of aryl methyl sites for hydroxylation is 1. The van der Waals surface area contributed by atoms with Gasteiger partial charge in [0.25, 0.3) is 0 Å². The molecule has 3 aromatic carbocycles. The summed E-state index contributed by atoms with van der Waals surface area (Å²) in [5, 5.41) is 7.73. The molecule has 1 saturated heterocycles. The zero-order valence-corrected chi connectivity index (χ0v) is 27.5. The van der Waals surface area contributed by atoms with Crippen LogP contribution in [0.1, 0.15) is 45.9 Å². The number of carbonyl (C=O) groups excluding carboxylic acids is 3. The number of urea groups is 1. The summed E-state index contributed by atoms with van der Waals surface area (Å²) in [5.41, 5.74) is 4.61. The number of aromatic nitrogens is 1. The van der Waals surface area contributed by atoms with Gasteiger partial charge in [-0.05, 0) is 59.2 Å². The number of amides is 4. The molecule has 0 radical (unpaired) electrons. The molecule has 1 aliphatic rings. The van der Waals surface area contributed by atoms with Crippen molar-refractivity contribution in [3.8, 4) is 16.9 Å². The lowest BCUT2D eigenvalue weighted by atomic mass is 9.86. The Bertz CT molecular complexity index is 1790. The largest absolute Gasteiger partial charge is 0.492 e. The third kappa shape index (κ3) is 6.67. The Balaban J connectivity index is 1.48. The topological polar surface area (TPSA) is 113 Å². The normalized spacial score (nSPS) is 13.3. The van der Waals surface area contributed by atoms with Gasteiger partial charge < -0.3 is 25.0 Å². The van der Waals surface area contributed by atoms with Crippen molar-refractivity contribution in [2.45, 2.75) is 47.0 Å². The van der Waals surface area contributed by atoms with Crippen LogP contribution in [0.3, 0.4) is 0 Å². The summed E-state index contributed by atoms with van der Waals surface area (Å²) >= 11 is 0. The van der Waals surface area contributed by atoms with Gasteiger partial charge in [-0.3, -0.25) is 9.59 Å². The van der Waals surface area contributed by atoms with E-state index in [4.69, 9.17) is 14.5 Å². The highest BCUT2D eigenvalue weighted by Crippen LogP contribution is 2.41. The van der Waals surface area contributed by atoms with E-state index < -0.39 is 17.8 Å². The van der Waals surface area contributed by atoms with Crippen LogP contribution in [-0.2, 0) is 19.7 Å². The third-order valence-electron chi connectivity index (χ3n) is 8.13. The summed E-state index contributed by atoms with van der Waals surface area (Å²) in [6, 6.07) is 19.0. The molecule has 0 bridgehead atoms. The first-order valence-electron chi connectivity index (χ1n) is 15.3. The quantitative estimate of drug-likeness (QED) is 0.240. The van der Waals surface area contributed by atoms with Crippen LogP contribution in [0.2, 0.25) is 0 Å². The maximum atomic E-state index is 13.6. The van der Waals surface area contributed by atoms with Gasteiger partial charge in [0.05, 0.1) is 37.4 Å². The van der Waals surface area contributed by atoms with Crippen molar-refractivity contribution in [3.63, 3.8) is 0 Å². The number of fused-ring (bicyclic) bond motifs is 1. The summed E-state index contributed by atoms with van der Waals surface area (Å²) in [6.45, 7) is 13.7. The van der Waals surface area contributed by atoms with Crippen LogP contribution < -0.4 is 25.2 Å². The lowest BCUT2D eigenvalue weighted by Crippen LogP contribution is -2.36. The van der Waals surface area contributed by atoms with E-state index in [1.165, 1.54) is 21.0 Å². The lowest BCUT2D eigenvalue weighted by molar-refractivity contribution is -0.124. The number of methoxy groups -OCH3 is 1. The number of anilines is 4. The molecule has 2 heterocycles. The van der Waals surface area contributed by atoms with E-state index in [9.17, 15) is 14.4 Å². The number of imide groups is 1. The maximum Gasteiger partial charge on any atom is 0.323 e. The maximum absolute atomic E-state index is 13.6. The molecule has 0 atom stereocenters. The minimum Gasteiger partial charge on any atom is -0.492 e. The molecule has 240 valence electrons. The van der Waals surface area contributed by atoms with Crippen molar-refractivity contribution in [2.24, 2.45) is 0 Å². The monoisotopic (exact) mass is 623 g/mol. The van der Waals surface area contributed by atoms with Gasteiger partial charge in [0.1, 0.15) is 5.82 Å². The van der Waals surface area contributed by atoms with Crippen molar-refractivity contribution >= 4 is 51.5 Å². The van der Waals surface area contributed by atoms with E-state index in [0.29, 0.717) is 24.6 Å². The Morgan fingerprint density at radius 2 is 1.50 bits per heavy atom. The highest BCUT2D eigenvalue weighted by molar-refractivity contribution is 6.15. The lowest BCUT2D eigenvalue weighted by Gasteiger charge is -2.28. The fraction of sp³-hybridized carbons (Fsp3) is 0.333. The minimum atomic E-state index is -0.502. The molecule has 46 heavy (non-hydrogen) atoms. The number of nitrogens with zero attached hydrogens (tertiary/aromatic N) is 3. The molecule has 10 heteroatoms. The molecule has 0 unspecified atom stereocenters. The second-order valence-corrected chi connectivity index (χ2v) is 12.4. The smallest absolute Gasteiger partial charge is 0.323 e. The number of rotatable bonds is 6. The van der Waals surface area contributed by atoms with E-state index >= 15 is 0 Å². The molecule has 4 aromatic rings. The van der Waals surface area contributed by atoms with Crippen LogP contribution in [0.15, 0.2) is 60.7 Å². The summed E-state index contributed by atoms with van der Waals surface area (Å²) in [4.78, 5) is 46.7. The van der Waals surface area contributed by atoms with Gasteiger partial charge in [0.2, 0.25) is 11.8 Å². The van der Waals surface area contributed by atoms with Crippen molar-refractivity contribution in [3.05, 3.63) is 71.9 Å². The molecule has 5 rings (SSSR count). The Morgan fingerprint density at radius 1 is 0.870 bits per heavy atom. The molecule has 10 nitrogen and oxygen atoms in total. The number of hydrogen-bond acceptors (Lipinski definition) is 7. The van der Waals surface area contributed by atoms with Gasteiger partial charge in [-0.15, -0.1) is 0 Å². The molecule has 0 saturated carbocycles. The average molecular weight is 624 g/mol. The number of benzene rings is 3. The number of morpholine rings is 1. The van der Waals surface area contributed by atoms with Gasteiger partial charge in [0.15, 0.2) is 5.75 Å². The van der Waals surface area contributed by atoms with E-state index in [0.717, 1.165) is 57.0 Å². The number of carbonyl (C=O) groups is 3. The fourth-order valence-electron chi connectivity index (χ4n) is 5.80. The van der Waals surface area contributed by atoms with Crippen LogP contribution in [-0.4, -0.2) is 56.2 Å². The van der Waals surface area contributed by atoms with Gasteiger partial charge in [-0.1, -0.05) is 51.1 Å². The van der Waals surface area contributed by atoms with Crippen LogP contribution in [0.4, 0.5) is 27.7 Å². The Hall–Kier alpha value is -4.96. The Kier molecular flexibility index (Phi) is 9.29. The fourth-order valence-corrected chi connectivity index (χ4v) is 5.80. The van der Waals surface area contributed by atoms with E-state index in [1.807, 2.05) is 64.1 Å². The number of nitrogens with one attached hydrogen (secondary N) is 2. The summed E-state index contributed by atoms with van der Waals surface area (Å²) < 4.78 is 11.2. The first-order valence-corrected chi connectivity index (χ1v) is 15.3. The molecular weight excluding hydrogens is 582 g/mol. The van der Waals surface area contributed by atoms with E-state index in [-0.39, 0.29) is 16.9 Å². The predicted octanol–water partition coefficient (Wildman–Crippen LogP) is 6.90. The molecule has 1 fully saturated rings.